The molecule has 7 heteroatoms. The first-order valence-corrected chi connectivity index (χ1v) is 14.0. The summed E-state index contributed by atoms with van der Waals surface area (Å²) in [6.45, 7) is 1.06. The molecule has 0 aliphatic rings. The van der Waals surface area contributed by atoms with Gasteiger partial charge in [-0.25, -0.2) is 14.4 Å². The molecule has 35 heavy (non-hydrogen) atoms. The fourth-order valence-electron chi connectivity index (χ4n) is 4.65. The third-order valence-corrected chi connectivity index (χ3v) is 6.56. The molecule has 0 unspecified atom stereocenters. The summed E-state index contributed by atoms with van der Waals surface area (Å²) >= 11 is 0. The van der Waals surface area contributed by atoms with Crippen molar-refractivity contribution in [2.75, 3.05) is 26.2 Å². The molecule has 0 rings (SSSR count). The van der Waals surface area contributed by atoms with E-state index in [4.69, 9.17) is 15.3 Å². The second-order valence-electron chi connectivity index (χ2n) is 10.1. The SMILES string of the molecule is CCCC/C=C/CCCCCCCCCCCCCCCC[N+](CC(=O)O)(CC(=O)O)CC(=O)O. The zero-order chi connectivity index (χ0) is 26.2. The number of rotatable bonds is 26. The lowest BCUT2D eigenvalue weighted by Gasteiger charge is -2.34. The van der Waals surface area contributed by atoms with Gasteiger partial charge >= 0.3 is 17.9 Å². The average Bonchev–Trinajstić information content (AvgIpc) is 2.76. The van der Waals surface area contributed by atoms with Gasteiger partial charge in [0.25, 0.3) is 0 Å². The summed E-state index contributed by atoms with van der Waals surface area (Å²) in [5.74, 6) is -3.51. The Labute approximate surface area is 213 Å². The van der Waals surface area contributed by atoms with Crippen molar-refractivity contribution in [2.24, 2.45) is 0 Å². The highest BCUT2D eigenvalue weighted by atomic mass is 16.4. The first kappa shape index (κ1) is 33.1. The molecule has 0 aliphatic carbocycles. The zero-order valence-corrected chi connectivity index (χ0v) is 22.2. The van der Waals surface area contributed by atoms with Crippen LogP contribution in [-0.2, 0) is 14.4 Å². The second-order valence-corrected chi connectivity index (χ2v) is 10.1. The summed E-state index contributed by atoms with van der Waals surface area (Å²) in [7, 11) is 0. The topological polar surface area (TPSA) is 112 Å². The molecule has 0 saturated carbocycles. The molecule has 0 amide bonds. The van der Waals surface area contributed by atoms with Crippen molar-refractivity contribution >= 4 is 17.9 Å². The van der Waals surface area contributed by atoms with Crippen molar-refractivity contribution in [3.8, 4) is 0 Å². The quantitative estimate of drug-likeness (QED) is 0.0699. The summed E-state index contributed by atoms with van der Waals surface area (Å²) in [6, 6.07) is 0. The summed E-state index contributed by atoms with van der Waals surface area (Å²) < 4.78 is -0.434. The van der Waals surface area contributed by atoms with Gasteiger partial charge in [-0.05, 0) is 32.1 Å². The zero-order valence-electron chi connectivity index (χ0n) is 22.2. The fourth-order valence-corrected chi connectivity index (χ4v) is 4.65. The van der Waals surface area contributed by atoms with Crippen molar-refractivity contribution in [2.45, 2.75) is 122 Å². The van der Waals surface area contributed by atoms with Crippen LogP contribution in [0, 0.1) is 0 Å². The number of unbranched alkanes of at least 4 members (excludes halogenated alkanes) is 16. The molecule has 0 fully saturated rings. The second kappa shape index (κ2) is 22.6. The highest BCUT2D eigenvalue weighted by Crippen LogP contribution is 2.15. The largest absolute Gasteiger partial charge is 0.477 e. The van der Waals surface area contributed by atoms with Gasteiger partial charge in [0, 0.05) is 0 Å². The summed E-state index contributed by atoms with van der Waals surface area (Å²) in [5, 5.41) is 27.4. The van der Waals surface area contributed by atoms with E-state index in [1.54, 1.807) is 0 Å². The van der Waals surface area contributed by atoms with Crippen LogP contribution in [0.2, 0.25) is 0 Å². The Kier molecular flexibility index (Phi) is 21.3. The Morgan fingerprint density at radius 2 is 0.829 bits per heavy atom. The maximum absolute atomic E-state index is 11.2. The van der Waals surface area contributed by atoms with Crippen LogP contribution in [0.15, 0.2) is 12.2 Å². The van der Waals surface area contributed by atoms with Crippen molar-refractivity contribution in [1.82, 2.24) is 0 Å². The molecule has 0 bridgehead atoms. The molecule has 0 aliphatic heterocycles. The molecule has 0 atom stereocenters. The lowest BCUT2D eigenvalue weighted by Crippen LogP contribution is -2.57. The molecule has 0 spiro atoms. The van der Waals surface area contributed by atoms with Crippen LogP contribution in [0.5, 0.6) is 0 Å². The number of hydrogen-bond donors (Lipinski definition) is 3. The Bertz CT molecular complexity index is 549. The molecular formula is C28H52NO6+. The van der Waals surface area contributed by atoms with Crippen LogP contribution in [0.3, 0.4) is 0 Å². The van der Waals surface area contributed by atoms with Crippen molar-refractivity contribution in [3.63, 3.8) is 0 Å². The lowest BCUT2D eigenvalue weighted by molar-refractivity contribution is -0.907. The number of quaternary nitrogens is 1. The van der Waals surface area contributed by atoms with Crippen molar-refractivity contribution in [1.29, 1.82) is 0 Å². The molecule has 0 radical (unpaired) electrons. The van der Waals surface area contributed by atoms with Crippen LogP contribution in [0.4, 0.5) is 0 Å². The molecule has 0 heterocycles. The van der Waals surface area contributed by atoms with Gasteiger partial charge in [0.15, 0.2) is 19.6 Å². The Hall–Kier alpha value is -1.89. The third kappa shape index (κ3) is 22.3. The summed E-state index contributed by atoms with van der Waals surface area (Å²) in [6.07, 6.45) is 26.4. The predicted molar refractivity (Wildman–Crippen MR) is 141 cm³/mol. The van der Waals surface area contributed by atoms with Crippen LogP contribution >= 0.6 is 0 Å². The maximum Gasteiger partial charge on any atom is 0.359 e. The number of allylic oxidation sites excluding steroid dienone is 2. The number of carboxylic acid groups (broad SMARTS) is 3. The highest BCUT2D eigenvalue weighted by molar-refractivity contribution is 5.73. The van der Waals surface area contributed by atoms with Gasteiger partial charge in [0.2, 0.25) is 0 Å². The van der Waals surface area contributed by atoms with Gasteiger partial charge in [-0.2, -0.15) is 0 Å². The maximum atomic E-state index is 11.2. The van der Waals surface area contributed by atoms with Crippen LogP contribution < -0.4 is 0 Å². The third-order valence-electron chi connectivity index (χ3n) is 6.56. The smallest absolute Gasteiger partial charge is 0.359 e. The minimum atomic E-state index is -1.17. The first-order chi connectivity index (χ1) is 16.8. The monoisotopic (exact) mass is 498 g/mol. The molecular weight excluding hydrogens is 446 g/mol. The minimum absolute atomic E-state index is 0.264. The standard InChI is InChI=1S/C28H51NO6/c1-2-3-4-5-6-7-8-9-10-11-12-13-14-15-16-17-18-19-20-21-22-29(23-26(30)31,24-27(32)33)25-28(34)35/h5-6H,2-4,7-25H2,1H3,(H2-,30,31,32,33,34,35)/p+1/b6-5+. The van der Waals surface area contributed by atoms with E-state index in [2.05, 4.69) is 19.1 Å². The van der Waals surface area contributed by atoms with Crippen LogP contribution in [-0.4, -0.2) is 63.9 Å². The van der Waals surface area contributed by atoms with E-state index in [1.165, 1.54) is 89.9 Å². The van der Waals surface area contributed by atoms with Gasteiger partial charge in [0.05, 0.1) is 6.54 Å². The number of carboxylic acids is 3. The molecule has 0 aromatic heterocycles. The fraction of sp³-hybridized carbons (Fsp3) is 0.821. The van der Waals surface area contributed by atoms with E-state index in [0.717, 1.165) is 19.3 Å². The summed E-state index contributed by atoms with van der Waals surface area (Å²) in [4.78, 5) is 33.5. The van der Waals surface area contributed by atoms with E-state index in [-0.39, 0.29) is 6.54 Å². The minimum Gasteiger partial charge on any atom is -0.477 e. The van der Waals surface area contributed by atoms with E-state index in [9.17, 15) is 14.4 Å². The average molecular weight is 499 g/mol. The van der Waals surface area contributed by atoms with Crippen molar-refractivity contribution < 1.29 is 34.2 Å². The highest BCUT2D eigenvalue weighted by Gasteiger charge is 2.35. The normalized spacial score (nSPS) is 11.8. The molecule has 0 aromatic carbocycles. The van der Waals surface area contributed by atoms with Gasteiger partial charge in [-0.3, -0.25) is 4.48 Å². The van der Waals surface area contributed by atoms with Gasteiger partial charge in [-0.1, -0.05) is 103 Å². The Morgan fingerprint density at radius 3 is 1.17 bits per heavy atom. The molecule has 7 nitrogen and oxygen atoms in total. The van der Waals surface area contributed by atoms with Crippen LogP contribution in [0.25, 0.3) is 0 Å². The predicted octanol–water partition coefficient (Wildman–Crippen LogP) is 6.65. The first-order valence-electron chi connectivity index (χ1n) is 14.0. The van der Waals surface area contributed by atoms with E-state index >= 15 is 0 Å². The molecule has 0 saturated heterocycles. The van der Waals surface area contributed by atoms with E-state index in [1.807, 2.05) is 0 Å². The molecule has 3 N–H and O–H groups in total. The molecule has 0 aromatic rings. The lowest BCUT2D eigenvalue weighted by atomic mass is 10.0. The number of aliphatic carboxylic acids is 3. The Morgan fingerprint density at radius 1 is 0.514 bits per heavy atom. The van der Waals surface area contributed by atoms with Gasteiger partial charge < -0.3 is 15.3 Å². The number of carbonyl (C=O) groups is 3. The van der Waals surface area contributed by atoms with E-state index < -0.39 is 42.0 Å². The Balaban J connectivity index is 3.69. The number of hydrogen-bond acceptors (Lipinski definition) is 3. The van der Waals surface area contributed by atoms with Crippen molar-refractivity contribution in [3.05, 3.63) is 12.2 Å². The molecule has 204 valence electrons. The number of nitrogens with zero attached hydrogens (tertiary/aromatic N) is 1. The van der Waals surface area contributed by atoms with Gasteiger partial charge in [-0.15, -0.1) is 0 Å². The van der Waals surface area contributed by atoms with E-state index in [0.29, 0.717) is 6.42 Å². The summed E-state index contributed by atoms with van der Waals surface area (Å²) in [5.41, 5.74) is 0. The van der Waals surface area contributed by atoms with Gasteiger partial charge in [0.1, 0.15) is 0 Å². The van der Waals surface area contributed by atoms with Crippen LogP contribution in [0.1, 0.15) is 122 Å².